The predicted octanol–water partition coefficient (Wildman–Crippen LogP) is 1.21. The van der Waals surface area contributed by atoms with Gasteiger partial charge in [-0.3, -0.25) is 9.67 Å². The fourth-order valence-electron chi connectivity index (χ4n) is 2.73. The normalized spacial score (nSPS) is 19.3. The van der Waals surface area contributed by atoms with Crippen LogP contribution in [0, 0.1) is 0 Å². The van der Waals surface area contributed by atoms with Crippen molar-refractivity contribution in [2.24, 2.45) is 12.0 Å². The number of rotatable bonds is 6. The lowest BCUT2D eigenvalue weighted by Gasteiger charge is -2.21. The highest BCUT2D eigenvalue weighted by molar-refractivity contribution is 5.80. The molecule has 6 nitrogen and oxygen atoms in total. The molecule has 0 amide bonds. The molecule has 0 spiro atoms. The van der Waals surface area contributed by atoms with Gasteiger partial charge in [-0.15, -0.1) is 0 Å². The van der Waals surface area contributed by atoms with Gasteiger partial charge in [-0.05, 0) is 25.3 Å². The van der Waals surface area contributed by atoms with Gasteiger partial charge in [-0.25, -0.2) is 0 Å². The Balaban J connectivity index is 1.78. The molecule has 1 unspecified atom stereocenters. The van der Waals surface area contributed by atoms with Crippen LogP contribution >= 0.6 is 0 Å². The van der Waals surface area contributed by atoms with Crippen LogP contribution in [0.5, 0.6) is 0 Å². The fraction of sp³-hybridized carbons (Fsp3) is 0.733. The van der Waals surface area contributed by atoms with Gasteiger partial charge in [0, 0.05) is 59.1 Å². The molecule has 1 saturated heterocycles. The van der Waals surface area contributed by atoms with E-state index in [4.69, 9.17) is 4.74 Å². The van der Waals surface area contributed by atoms with E-state index in [1.807, 2.05) is 31.9 Å². The van der Waals surface area contributed by atoms with Crippen molar-refractivity contribution in [3.63, 3.8) is 0 Å². The van der Waals surface area contributed by atoms with Crippen LogP contribution in [-0.4, -0.2) is 60.5 Å². The van der Waals surface area contributed by atoms with E-state index in [1.165, 1.54) is 5.56 Å². The Morgan fingerprint density at radius 2 is 2.43 bits per heavy atom. The van der Waals surface area contributed by atoms with E-state index in [0.29, 0.717) is 5.92 Å². The van der Waals surface area contributed by atoms with Gasteiger partial charge in [0.1, 0.15) is 0 Å². The third-order valence-corrected chi connectivity index (χ3v) is 3.85. The highest BCUT2D eigenvalue weighted by atomic mass is 16.5. The van der Waals surface area contributed by atoms with Crippen molar-refractivity contribution in [1.29, 1.82) is 0 Å². The number of hydrogen-bond donors (Lipinski definition) is 1. The predicted molar refractivity (Wildman–Crippen MR) is 84.6 cm³/mol. The zero-order valence-corrected chi connectivity index (χ0v) is 13.4. The average Bonchev–Trinajstić information content (AvgIpc) is 3.12. The van der Waals surface area contributed by atoms with Crippen molar-refractivity contribution in [1.82, 2.24) is 20.0 Å². The van der Waals surface area contributed by atoms with Crippen molar-refractivity contribution in [2.45, 2.75) is 25.7 Å². The SMILES string of the molecule is CCOCCCNC(=NC)N1CCC(c2cnn(C)c2)C1. The van der Waals surface area contributed by atoms with Gasteiger partial charge in [0.25, 0.3) is 0 Å². The fourth-order valence-corrected chi connectivity index (χ4v) is 2.73. The third-order valence-electron chi connectivity index (χ3n) is 3.85. The first-order valence-electron chi connectivity index (χ1n) is 7.76. The Morgan fingerprint density at radius 1 is 1.57 bits per heavy atom. The summed E-state index contributed by atoms with van der Waals surface area (Å²) in [4.78, 5) is 6.72. The number of hydrogen-bond acceptors (Lipinski definition) is 3. The number of likely N-dealkylation sites (tertiary alicyclic amines) is 1. The zero-order chi connectivity index (χ0) is 15.1. The van der Waals surface area contributed by atoms with E-state index in [0.717, 1.165) is 51.6 Å². The largest absolute Gasteiger partial charge is 0.382 e. The Hall–Kier alpha value is -1.56. The third kappa shape index (κ3) is 4.46. The molecule has 1 N–H and O–H groups in total. The lowest BCUT2D eigenvalue weighted by molar-refractivity contribution is 0.145. The summed E-state index contributed by atoms with van der Waals surface area (Å²) in [5.41, 5.74) is 1.33. The summed E-state index contributed by atoms with van der Waals surface area (Å²) < 4.78 is 7.22. The number of nitrogens with one attached hydrogen (secondary N) is 1. The summed E-state index contributed by atoms with van der Waals surface area (Å²) in [6.45, 7) is 6.57. The smallest absolute Gasteiger partial charge is 0.193 e. The van der Waals surface area contributed by atoms with Gasteiger partial charge in [-0.2, -0.15) is 5.10 Å². The van der Waals surface area contributed by atoms with E-state index in [1.54, 1.807) is 0 Å². The second kappa shape index (κ2) is 8.02. The van der Waals surface area contributed by atoms with Crippen molar-refractivity contribution >= 4 is 5.96 Å². The Kier molecular flexibility index (Phi) is 6.04. The molecule has 1 atom stereocenters. The number of nitrogens with zero attached hydrogens (tertiary/aromatic N) is 4. The molecule has 118 valence electrons. The van der Waals surface area contributed by atoms with Crippen molar-refractivity contribution in [3.8, 4) is 0 Å². The van der Waals surface area contributed by atoms with Crippen LogP contribution < -0.4 is 5.32 Å². The highest BCUT2D eigenvalue weighted by Crippen LogP contribution is 2.26. The van der Waals surface area contributed by atoms with E-state index >= 15 is 0 Å². The van der Waals surface area contributed by atoms with Crippen LogP contribution in [-0.2, 0) is 11.8 Å². The van der Waals surface area contributed by atoms with Gasteiger partial charge < -0.3 is 15.0 Å². The van der Waals surface area contributed by atoms with Crippen LogP contribution in [0.3, 0.4) is 0 Å². The second-order valence-electron chi connectivity index (χ2n) is 5.40. The van der Waals surface area contributed by atoms with Crippen molar-refractivity contribution in [2.75, 3.05) is 39.9 Å². The summed E-state index contributed by atoms with van der Waals surface area (Å²) in [7, 11) is 3.82. The minimum atomic E-state index is 0.556. The monoisotopic (exact) mass is 293 g/mol. The molecule has 1 aliphatic rings. The summed E-state index contributed by atoms with van der Waals surface area (Å²) in [6, 6.07) is 0. The Labute approximate surface area is 127 Å². The van der Waals surface area contributed by atoms with Crippen LogP contribution in [0.1, 0.15) is 31.2 Å². The standard InChI is InChI=1S/C15H27N5O/c1-4-21-9-5-7-17-15(16-2)20-8-6-13(12-20)14-10-18-19(3)11-14/h10-11,13H,4-9,12H2,1-3H3,(H,16,17). The number of guanidine groups is 1. The zero-order valence-electron chi connectivity index (χ0n) is 13.4. The van der Waals surface area contributed by atoms with Crippen LogP contribution in [0.4, 0.5) is 0 Å². The summed E-state index contributed by atoms with van der Waals surface area (Å²) >= 11 is 0. The van der Waals surface area contributed by atoms with Crippen LogP contribution in [0.2, 0.25) is 0 Å². The molecule has 0 aliphatic carbocycles. The number of aromatic nitrogens is 2. The van der Waals surface area contributed by atoms with Gasteiger partial charge in [-0.1, -0.05) is 0 Å². The summed E-state index contributed by atoms with van der Waals surface area (Å²) in [5.74, 6) is 1.55. The van der Waals surface area contributed by atoms with Gasteiger partial charge in [0.15, 0.2) is 5.96 Å². The van der Waals surface area contributed by atoms with Crippen LogP contribution in [0.15, 0.2) is 17.4 Å². The molecule has 1 fully saturated rings. The lowest BCUT2D eigenvalue weighted by Crippen LogP contribution is -2.40. The molecule has 21 heavy (non-hydrogen) atoms. The molecular formula is C15H27N5O. The first-order valence-corrected chi connectivity index (χ1v) is 7.76. The molecule has 1 aromatic heterocycles. The average molecular weight is 293 g/mol. The minimum absolute atomic E-state index is 0.556. The molecule has 0 radical (unpaired) electrons. The van der Waals surface area contributed by atoms with Crippen molar-refractivity contribution < 1.29 is 4.74 Å². The first-order chi connectivity index (χ1) is 10.2. The Morgan fingerprint density at radius 3 is 3.10 bits per heavy atom. The molecule has 6 heteroatoms. The van der Waals surface area contributed by atoms with Crippen LogP contribution in [0.25, 0.3) is 0 Å². The van der Waals surface area contributed by atoms with Crippen molar-refractivity contribution in [3.05, 3.63) is 18.0 Å². The lowest BCUT2D eigenvalue weighted by atomic mass is 10.0. The molecule has 1 aromatic rings. The van der Waals surface area contributed by atoms with E-state index in [-0.39, 0.29) is 0 Å². The number of aryl methyl sites for hydroxylation is 1. The Bertz CT molecular complexity index is 457. The first kappa shape index (κ1) is 15.8. The molecule has 2 rings (SSSR count). The minimum Gasteiger partial charge on any atom is -0.382 e. The van der Waals surface area contributed by atoms with Gasteiger partial charge >= 0.3 is 0 Å². The molecular weight excluding hydrogens is 266 g/mol. The molecule has 2 heterocycles. The van der Waals surface area contributed by atoms with E-state index in [2.05, 4.69) is 26.5 Å². The number of ether oxygens (including phenoxy) is 1. The van der Waals surface area contributed by atoms with Gasteiger partial charge in [0.05, 0.1) is 6.20 Å². The molecule has 0 bridgehead atoms. The quantitative estimate of drug-likeness (QED) is 0.487. The van der Waals surface area contributed by atoms with E-state index in [9.17, 15) is 0 Å². The molecule has 0 saturated carbocycles. The summed E-state index contributed by atoms with van der Waals surface area (Å²) in [5, 5.41) is 7.69. The molecule has 0 aromatic carbocycles. The maximum Gasteiger partial charge on any atom is 0.193 e. The topological polar surface area (TPSA) is 54.7 Å². The summed E-state index contributed by atoms with van der Waals surface area (Å²) in [6.07, 6.45) is 6.26. The molecule has 1 aliphatic heterocycles. The number of aliphatic imine (C=N–C) groups is 1. The second-order valence-corrected chi connectivity index (χ2v) is 5.40. The maximum absolute atomic E-state index is 5.35. The highest BCUT2D eigenvalue weighted by Gasteiger charge is 2.26. The van der Waals surface area contributed by atoms with E-state index < -0.39 is 0 Å². The maximum atomic E-state index is 5.35. The van der Waals surface area contributed by atoms with Gasteiger partial charge in [0.2, 0.25) is 0 Å².